The lowest BCUT2D eigenvalue weighted by molar-refractivity contribution is -0.115. The molecule has 0 fully saturated rings. The minimum absolute atomic E-state index is 0.175. The second kappa shape index (κ2) is 3.73. The minimum atomic E-state index is -4.24. The molecule has 1 heterocycles. The van der Waals surface area contributed by atoms with Crippen LogP contribution < -0.4 is 11.1 Å². The summed E-state index contributed by atoms with van der Waals surface area (Å²) < 4.78 is 35.4. The van der Waals surface area contributed by atoms with Gasteiger partial charge in [0.15, 0.2) is 0 Å². The standard InChI is InChI=1S/C8H10F3N3/c1-5-2-7(13-3-6(5)12)14-4-8(9,10)11/h2-3H,4,12H2,1H3,(H,13,14). The summed E-state index contributed by atoms with van der Waals surface area (Å²) in [7, 11) is 0. The van der Waals surface area contributed by atoms with E-state index in [1.54, 1.807) is 6.92 Å². The number of halogens is 3. The van der Waals surface area contributed by atoms with Gasteiger partial charge in [0.05, 0.1) is 11.9 Å². The minimum Gasteiger partial charge on any atom is -0.397 e. The summed E-state index contributed by atoms with van der Waals surface area (Å²) in [4.78, 5) is 3.71. The number of rotatable bonds is 2. The second-order valence-corrected chi connectivity index (χ2v) is 2.89. The van der Waals surface area contributed by atoms with Crippen LogP contribution in [-0.4, -0.2) is 17.7 Å². The fourth-order valence-electron chi connectivity index (χ4n) is 0.854. The van der Waals surface area contributed by atoms with Crippen LogP contribution in [0.2, 0.25) is 0 Å². The highest BCUT2D eigenvalue weighted by atomic mass is 19.4. The fraction of sp³-hybridized carbons (Fsp3) is 0.375. The third-order valence-corrected chi connectivity index (χ3v) is 1.62. The molecule has 1 aromatic rings. The topological polar surface area (TPSA) is 50.9 Å². The van der Waals surface area contributed by atoms with Gasteiger partial charge in [-0.15, -0.1) is 0 Å². The predicted octanol–water partition coefficient (Wildman–Crippen LogP) is 1.95. The number of nitrogens with zero attached hydrogens (tertiary/aromatic N) is 1. The van der Waals surface area contributed by atoms with Gasteiger partial charge in [0, 0.05) is 0 Å². The van der Waals surface area contributed by atoms with Gasteiger partial charge in [-0.2, -0.15) is 13.2 Å². The van der Waals surface area contributed by atoms with E-state index in [1.807, 2.05) is 0 Å². The van der Waals surface area contributed by atoms with Gasteiger partial charge in [0.25, 0.3) is 0 Å². The molecule has 78 valence electrons. The van der Waals surface area contributed by atoms with Crippen LogP contribution >= 0.6 is 0 Å². The largest absolute Gasteiger partial charge is 0.405 e. The normalized spacial score (nSPS) is 11.4. The summed E-state index contributed by atoms with van der Waals surface area (Å²) >= 11 is 0. The molecule has 0 aliphatic heterocycles. The number of alkyl halides is 3. The van der Waals surface area contributed by atoms with Crippen LogP contribution in [0, 0.1) is 6.92 Å². The van der Waals surface area contributed by atoms with Crippen molar-refractivity contribution in [2.75, 3.05) is 17.6 Å². The number of hydrogen-bond donors (Lipinski definition) is 2. The van der Waals surface area contributed by atoms with Crippen LogP contribution in [-0.2, 0) is 0 Å². The summed E-state index contributed by atoms with van der Waals surface area (Å²) in [5.41, 5.74) is 6.62. The van der Waals surface area contributed by atoms with Crippen molar-refractivity contribution in [3.8, 4) is 0 Å². The molecule has 0 spiro atoms. The van der Waals surface area contributed by atoms with Gasteiger partial charge in [0.1, 0.15) is 12.4 Å². The van der Waals surface area contributed by atoms with E-state index in [4.69, 9.17) is 5.73 Å². The van der Waals surface area contributed by atoms with Crippen molar-refractivity contribution in [3.05, 3.63) is 17.8 Å². The Morgan fingerprint density at radius 3 is 2.64 bits per heavy atom. The lowest BCUT2D eigenvalue weighted by atomic mass is 10.2. The van der Waals surface area contributed by atoms with E-state index >= 15 is 0 Å². The van der Waals surface area contributed by atoms with E-state index in [1.165, 1.54) is 12.3 Å². The maximum absolute atomic E-state index is 11.8. The Hall–Kier alpha value is -1.46. The molecule has 0 aliphatic rings. The Balaban J connectivity index is 2.65. The number of anilines is 2. The lowest BCUT2D eigenvalue weighted by Crippen LogP contribution is -2.21. The summed E-state index contributed by atoms with van der Waals surface area (Å²) in [6.07, 6.45) is -2.91. The molecule has 0 aromatic carbocycles. The van der Waals surface area contributed by atoms with E-state index in [0.29, 0.717) is 11.3 Å². The molecule has 0 atom stereocenters. The van der Waals surface area contributed by atoms with E-state index in [2.05, 4.69) is 10.3 Å². The molecule has 6 heteroatoms. The van der Waals surface area contributed by atoms with Crippen LogP contribution in [0.3, 0.4) is 0 Å². The van der Waals surface area contributed by atoms with Gasteiger partial charge < -0.3 is 11.1 Å². The van der Waals surface area contributed by atoms with Crippen molar-refractivity contribution < 1.29 is 13.2 Å². The molecule has 0 saturated heterocycles. The van der Waals surface area contributed by atoms with Crippen molar-refractivity contribution in [2.45, 2.75) is 13.1 Å². The van der Waals surface area contributed by atoms with Crippen molar-refractivity contribution in [1.82, 2.24) is 4.98 Å². The maximum Gasteiger partial charge on any atom is 0.405 e. The van der Waals surface area contributed by atoms with Crippen LogP contribution in [0.25, 0.3) is 0 Å². The molecule has 14 heavy (non-hydrogen) atoms. The van der Waals surface area contributed by atoms with Crippen molar-refractivity contribution in [3.63, 3.8) is 0 Å². The first-order valence-electron chi connectivity index (χ1n) is 3.91. The Morgan fingerprint density at radius 1 is 1.50 bits per heavy atom. The molecule has 0 amide bonds. The Bertz CT molecular complexity index is 322. The zero-order chi connectivity index (χ0) is 10.8. The van der Waals surface area contributed by atoms with Gasteiger partial charge >= 0.3 is 6.18 Å². The molecule has 0 radical (unpaired) electrons. The van der Waals surface area contributed by atoms with E-state index in [9.17, 15) is 13.2 Å². The van der Waals surface area contributed by atoms with Gasteiger partial charge in [0.2, 0.25) is 0 Å². The highest BCUT2D eigenvalue weighted by Gasteiger charge is 2.26. The highest BCUT2D eigenvalue weighted by molar-refractivity contribution is 5.50. The number of nitrogens with two attached hydrogens (primary N) is 1. The first kappa shape index (κ1) is 10.6. The van der Waals surface area contributed by atoms with Crippen LogP contribution in [0.4, 0.5) is 24.7 Å². The molecule has 0 bridgehead atoms. The number of pyridine rings is 1. The summed E-state index contributed by atoms with van der Waals surface area (Å²) in [6, 6.07) is 1.47. The average molecular weight is 205 g/mol. The lowest BCUT2D eigenvalue weighted by Gasteiger charge is -2.09. The number of nitrogens with one attached hydrogen (secondary N) is 1. The molecular formula is C8H10F3N3. The van der Waals surface area contributed by atoms with E-state index in [0.717, 1.165) is 0 Å². The van der Waals surface area contributed by atoms with E-state index < -0.39 is 12.7 Å². The Morgan fingerprint density at radius 2 is 2.14 bits per heavy atom. The second-order valence-electron chi connectivity index (χ2n) is 2.89. The molecule has 0 saturated carbocycles. The van der Waals surface area contributed by atoms with Crippen molar-refractivity contribution in [2.24, 2.45) is 0 Å². The quantitative estimate of drug-likeness (QED) is 0.775. The molecule has 0 aliphatic carbocycles. The van der Waals surface area contributed by atoms with Crippen molar-refractivity contribution in [1.29, 1.82) is 0 Å². The Kier molecular flexibility index (Phi) is 2.83. The highest BCUT2D eigenvalue weighted by Crippen LogP contribution is 2.17. The third-order valence-electron chi connectivity index (χ3n) is 1.62. The van der Waals surface area contributed by atoms with Gasteiger partial charge in [-0.1, -0.05) is 0 Å². The third kappa shape index (κ3) is 3.12. The maximum atomic E-state index is 11.8. The number of aryl methyl sites for hydroxylation is 1. The first-order chi connectivity index (χ1) is 6.38. The Labute approximate surface area is 79.1 Å². The van der Waals surface area contributed by atoms with E-state index in [-0.39, 0.29) is 5.82 Å². The SMILES string of the molecule is Cc1cc(NCC(F)(F)F)ncc1N. The molecular weight excluding hydrogens is 195 g/mol. The van der Waals surface area contributed by atoms with Crippen molar-refractivity contribution >= 4 is 11.5 Å². The summed E-state index contributed by atoms with van der Waals surface area (Å²) in [6.45, 7) is 0.610. The summed E-state index contributed by atoms with van der Waals surface area (Å²) in [5.74, 6) is 0.175. The molecule has 1 rings (SSSR count). The smallest absolute Gasteiger partial charge is 0.397 e. The monoisotopic (exact) mass is 205 g/mol. The zero-order valence-corrected chi connectivity index (χ0v) is 7.52. The van der Waals surface area contributed by atoms with Gasteiger partial charge in [-0.3, -0.25) is 0 Å². The van der Waals surface area contributed by atoms with Crippen LogP contribution in [0.15, 0.2) is 12.3 Å². The molecule has 0 unspecified atom stereocenters. The first-order valence-corrected chi connectivity index (χ1v) is 3.91. The number of aromatic nitrogens is 1. The fourth-order valence-corrected chi connectivity index (χ4v) is 0.854. The zero-order valence-electron chi connectivity index (χ0n) is 7.52. The van der Waals surface area contributed by atoms with Gasteiger partial charge in [-0.25, -0.2) is 4.98 Å². The molecule has 3 nitrogen and oxygen atoms in total. The van der Waals surface area contributed by atoms with Crippen LogP contribution in [0.5, 0.6) is 0 Å². The van der Waals surface area contributed by atoms with Gasteiger partial charge in [-0.05, 0) is 18.6 Å². The molecule has 3 N–H and O–H groups in total. The molecule has 1 aromatic heterocycles. The number of hydrogen-bond acceptors (Lipinski definition) is 3. The van der Waals surface area contributed by atoms with Crippen LogP contribution in [0.1, 0.15) is 5.56 Å². The number of nitrogen functional groups attached to an aromatic ring is 1. The predicted molar refractivity (Wildman–Crippen MR) is 47.9 cm³/mol. The summed E-state index contributed by atoms with van der Waals surface area (Å²) in [5, 5.41) is 2.16. The average Bonchev–Trinajstić information content (AvgIpc) is 2.06.